The highest BCUT2D eigenvalue weighted by atomic mass is 19.1. The first-order valence-electron chi connectivity index (χ1n) is 8.42. The number of anilines is 1. The Balaban J connectivity index is 2.73. The topological polar surface area (TPSA) is 42.4 Å². The molecule has 0 N–H and O–H groups in total. The fourth-order valence-electron chi connectivity index (χ4n) is 3.04. The molecule has 2 aromatic rings. The van der Waals surface area contributed by atoms with E-state index in [1.54, 1.807) is 6.07 Å². The van der Waals surface area contributed by atoms with Crippen LogP contribution in [0.1, 0.15) is 37.9 Å². The van der Waals surface area contributed by atoms with E-state index >= 15 is 0 Å². The summed E-state index contributed by atoms with van der Waals surface area (Å²) in [5.74, 6) is -0.615. The number of esters is 1. The molecule has 0 fully saturated rings. The van der Waals surface area contributed by atoms with Crippen molar-refractivity contribution in [2.45, 2.75) is 40.0 Å². The van der Waals surface area contributed by atoms with Gasteiger partial charge >= 0.3 is 5.97 Å². The molecule has 0 saturated carbocycles. The Morgan fingerprint density at radius 2 is 1.92 bits per heavy atom. The summed E-state index contributed by atoms with van der Waals surface area (Å²) in [4.78, 5) is 18.7. The lowest BCUT2D eigenvalue weighted by atomic mass is 10.0. The highest BCUT2D eigenvalue weighted by Gasteiger charge is 2.20. The molecule has 2 rings (SSSR count). The van der Waals surface area contributed by atoms with Gasteiger partial charge in [-0.3, -0.25) is 9.78 Å². The lowest BCUT2D eigenvalue weighted by Gasteiger charge is -2.28. The fourth-order valence-corrected chi connectivity index (χ4v) is 3.04. The summed E-state index contributed by atoms with van der Waals surface area (Å²) < 4.78 is 18.7. The van der Waals surface area contributed by atoms with Crippen molar-refractivity contribution < 1.29 is 13.9 Å². The van der Waals surface area contributed by atoms with Crippen LogP contribution in [0, 0.1) is 12.7 Å². The maximum absolute atomic E-state index is 13.9. The molecular weight excluding hydrogens is 307 g/mol. The molecule has 0 radical (unpaired) electrons. The number of carbonyl (C=O) groups is 1. The highest BCUT2D eigenvalue weighted by molar-refractivity contribution is 5.95. The summed E-state index contributed by atoms with van der Waals surface area (Å²) in [5.41, 5.74) is 3.26. The van der Waals surface area contributed by atoms with Gasteiger partial charge in [0.15, 0.2) is 0 Å². The van der Waals surface area contributed by atoms with E-state index in [0.717, 1.165) is 53.8 Å². The number of benzene rings is 1. The highest BCUT2D eigenvalue weighted by Crippen LogP contribution is 2.33. The maximum atomic E-state index is 13.9. The maximum Gasteiger partial charge on any atom is 0.310 e. The second-order valence-corrected chi connectivity index (χ2v) is 5.93. The number of ether oxygens (including phenoxy) is 1. The Morgan fingerprint density at radius 1 is 1.25 bits per heavy atom. The Morgan fingerprint density at radius 3 is 2.50 bits per heavy atom. The molecule has 0 unspecified atom stereocenters. The first-order valence-corrected chi connectivity index (χ1v) is 8.42. The van der Waals surface area contributed by atoms with Crippen molar-refractivity contribution in [3.05, 3.63) is 35.3 Å². The van der Waals surface area contributed by atoms with Gasteiger partial charge in [0, 0.05) is 29.7 Å². The smallest absolute Gasteiger partial charge is 0.310 e. The van der Waals surface area contributed by atoms with Crippen molar-refractivity contribution in [2.75, 3.05) is 25.1 Å². The normalized spacial score (nSPS) is 10.9. The number of halogens is 1. The average molecular weight is 332 g/mol. The van der Waals surface area contributed by atoms with Gasteiger partial charge in [0.2, 0.25) is 0 Å². The first-order chi connectivity index (χ1) is 11.5. The van der Waals surface area contributed by atoms with E-state index in [1.807, 2.05) is 6.92 Å². The molecule has 0 bridgehead atoms. The molecule has 0 aliphatic rings. The molecule has 0 aliphatic heterocycles. The van der Waals surface area contributed by atoms with Crippen molar-refractivity contribution >= 4 is 22.6 Å². The summed E-state index contributed by atoms with van der Waals surface area (Å²) in [6.45, 7) is 7.80. The minimum atomic E-state index is -0.315. The lowest BCUT2D eigenvalue weighted by molar-refractivity contribution is -0.139. The van der Waals surface area contributed by atoms with Gasteiger partial charge in [0.1, 0.15) is 5.82 Å². The third-order valence-electron chi connectivity index (χ3n) is 4.08. The van der Waals surface area contributed by atoms with Crippen molar-refractivity contribution in [3.8, 4) is 0 Å². The van der Waals surface area contributed by atoms with Gasteiger partial charge in [-0.1, -0.05) is 13.8 Å². The van der Waals surface area contributed by atoms with Gasteiger partial charge in [-0.15, -0.1) is 0 Å². The van der Waals surface area contributed by atoms with Crippen LogP contribution in [0.2, 0.25) is 0 Å². The number of aromatic nitrogens is 1. The summed E-state index contributed by atoms with van der Waals surface area (Å²) in [6, 6.07) is 4.62. The van der Waals surface area contributed by atoms with E-state index in [4.69, 9.17) is 4.74 Å². The summed E-state index contributed by atoms with van der Waals surface area (Å²) in [5, 5.41) is 0.751. The van der Waals surface area contributed by atoms with E-state index in [-0.39, 0.29) is 18.2 Å². The van der Waals surface area contributed by atoms with Crippen LogP contribution >= 0.6 is 0 Å². The zero-order chi connectivity index (χ0) is 17.7. The standard InChI is InChI=1S/C19H25FN2O2/c1-5-9-22(10-6-2)19-15(12-18(23)24-4)13(3)21-17-8-7-14(20)11-16(17)19/h7-8,11H,5-6,9-10,12H2,1-4H3. The van der Waals surface area contributed by atoms with Gasteiger partial charge in [-0.25, -0.2) is 4.39 Å². The SMILES string of the molecule is CCCN(CCC)c1c(CC(=O)OC)c(C)nc2ccc(F)cc12. The van der Waals surface area contributed by atoms with Crippen LogP contribution < -0.4 is 4.90 Å². The van der Waals surface area contributed by atoms with Gasteiger partial charge in [-0.2, -0.15) is 0 Å². The lowest BCUT2D eigenvalue weighted by Crippen LogP contribution is -2.27. The molecule has 4 nitrogen and oxygen atoms in total. The predicted octanol–water partition coefficient (Wildman–Crippen LogP) is 4.02. The summed E-state index contributed by atoms with van der Waals surface area (Å²) >= 11 is 0. The first kappa shape index (κ1) is 18.2. The molecule has 24 heavy (non-hydrogen) atoms. The molecule has 0 amide bonds. The quantitative estimate of drug-likeness (QED) is 0.718. The summed E-state index contributed by atoms with van der Waals surface area (Å²) in [6.07, 6.45) is 2.08. The molecule has 5 heteroatoms. The average Bonchev–Trinajstić information content (AvgIpc) is 2.56. The van der Waals surface area contributed by atoms with Crippen LogP contribution in [-0.4, -0.2) is 31.2 Å². The Labute approximate surface area is 142 Å². The molecule has 130 valence electrons. The number of fused-ring (bicyclic) bond motifs is 1. The molecule has 0 atom stereocenters. The van der Waals surface area contributed by atoms with E-state index < -0.39 is 0 Å². The van der Waals surface area contributed by atoms with Crippen LogP contribution in [0.3, 0.4) is 0 Å². The molecule has 1 aromatic heterocycles. The number of methoxy groups -OCH3 is 1. The third-order valence-corrected chi connectivity index (χ3v) is 4.08. The van der Waals surface area contributed by atoms with Crippen molar-refractivity contribution in [1.82, 2.24) is 4.98 Å². The molecule has 1 heterocycles. The molecule has 0 aliphatic carbocycles. The third kappa shape index (κ3) is 3.83. The number of hydrogen-bond donors (Lipinski definition) is 0. The van der Waals surface area contributed by atoms with Gasteiger partial charge in [0.05, 0.1) is 24.7 Å². The number of pyridine rings is 1. The Bertz CT molecular complexity index is 725. The van der Waals surface area contributed by atoms with Gasteiger partial charge in [-0.05, 0) is 38.0 Å². The summed E-state index contributed by atoms with van der Waals surface area (Å²) in [7, 11) is 1.38. The van der Waals surface area contributed by atoms with Crippen LogP contribution in [0.25, 0.3) is 10.9 Å². The van der Waals surface area contributed by atoms with Crippen molar-refractivity contribution in [2.24, 2.45) is 0 Å². The molecule has 0 spiro atoms. The van der Waals surface area contributed by atoms with Crippen molar-refractivity contribution in [1.29, 1.82) is 0 Å². The van der Waals surface area contributed by atoms with E-state index in [2.05, 4.69) is 23.7 Å². The second-order valence-electron chi connectivity index (χ2n) is 5.93. The number of aryl methyl sites for hydroxylation is 1. The van der Waals surface area contributed by atoms with Crippen LogP contribution in [0.4, 0.5) is 10.1 Å². The zero-order valence-corrected chi connectivity index (χ0v) is 14.9. The van der Waals surface area contributed by atoms with Crippen LogP contribution in [0.5, 0.6) is 0 Å². The number of carbonyl (C=O) groups excluding carboxylic acids is 1. The number of nitrogens with zero attached hydrogens (tertiary/aromatic N) is 2. The van der Waals surface area contributed by atoms with E-state index in [0.29, 0.717) is 0 Å². The van der Waals surface area contributed by atoms with Crippen LogP contribution in [-0.2, 0) is 16.0 Å². The van der Waals surface area contributed by atoms with E-state index in [1.165, 1.54) is 19.2 Å². The van der Waals surface area contributed by atoms with Gasteiger partial charge in [0.25, 0.3) is 0 Å². The van der Waals surface area contributed by atoms with Crippen LogP contribution in [0.15, 0.2) is 18.2 Å². The van der Waals surface area contributed by atoms with Gasteiger partial charge < -0.3 is 9.64 Å². The van der Waals surface area contributed by atoms with E-state index in [9.17, 15) is 9.18 Å². The number of hydrogen-bond acceptors (Lipinski definition) is 4. The minimum Gasteiger partial charge on any atom is -0.469 e. The Hall–Kier alpha value is -2.17. The number of rotatable bonds is 7. The van der Waals surface area contributed by atoms with Crippen molar-refractivity contribution in [3.63, 3.8) is 0 Å². The monoisotopic (exact) mass is 332 g/mol. The zero-order valence-electron chi connectivity index (χ0n) is 14.9. The fraction of sp³-hybridized carbons (Fsp3) is 0.474. The molecule has 1 aromatic carbocycles. The largest absolute Gasteiger partial charge is 0.469 e. The second kappa shape index (κ2) is 8.08. The Kier molecular flexibility index (Phi) is 6.12. The predicted molar refractivity (Wildman–Crippen MR) is 95.0 cm³/mol. The molecular formula is C19H25FN2O2. The minimum absolute atomic E-state index is 0.140. The molecule has 0 saturated heterocycles.